The maximum absolute atomic E-state index is 12.6. The van der Waals surface area contributed by atoms with Crippen LogP contribution in [0.1, 0.15) is 38.5 Å². The van der Waals surface area contributed by atoms with E-state index in [1.807, 2.05) is 30.3 Å². The SMILES string of the molecule is CC(CS(C)(=O)=O)N(C(=O)CCCc1nnc(-c2ccccc2)o1)C1CC1. The van der Waals surface area contributed by atoms with Crippen LogP contribution in [-0.4, -0.2) is 53.5 Å². The first-order valence-corrected chi connectivity index (χ1v) is 11.3. The third-order valence-corrected chi connectivity index (χ3v) is 5.60. The minimum Gasteiger partial charge on any atom is -0.421 e. The van der Waals surface area contributed by atoms with Crippen molar-refractivity contribution in [2.75, 3.05) is 12.0 Å². The minimum absolute atomic E-state index is 0.000660. The molecule has 1 fully saturated rings. The Morgan fingerprint density at radius 2 is 1.96 bits per heavy atom. The van der Waals surface area contributed by atoms with Crippen LogP contribution in [0.15, 0.2) is 34.7 Å². The molecule has 0 bridgehead atoms. The molecule has 0 radical (unpaired) electrons. The van der Waals surface area contributed by atoms with E-state index in [4.69, 9.17) is 4.42 Å². The summed E-state index contributed by atoms with van der Waals surface area (Å²) < 4.78 is 28.8. The van der Waals surface area contributed by atoms with Gasteiger partial charge in [0.1, 0.15) is 9.84 Å². The molecule has 3 rings (SSSR count). The molecule has 1 atom stereocenters. The molecule has 2 aromatic rings. The van der Waals surface area contributed by atoms with Gasteiger partial charge in [0, 0.05) is 36.7 Å². The van der Waals surface area contributed by atoms with Crippen molar-refractivity contribution in [1.82, 2.24) is 15.1 Å². The second-order valence-corrected chi connectivity index (χ2v) is 9.38. The molecular formula is C19H25N3O4S. The summed E-state index contributed by atoms with van der Waals surface area (Å²) in [5.41, 5.74) is 0.863. The molecule has 1 aromatic heterocycles. The summed E-state index contributed by atoms with van der Waals surface area (Å²) in [4.78, 5) is 14.4. The van der Waals surface area contributed by atoms with Crippen molar-refractivity contribution in [2.24, 2.45) is 0 Å². The van der Waals surface area contributed by atoms with Gasteiger partial charge in [0.2, 0.25) is 17.7 Å². The Morgan fingerprint density at radius 1 is 1.26 bits per heavy atom. The zero-order valence-electron chi connectivity index (χ0n) is 15.7. The molecule has 0 aliphatic heterocycles. The van der Waals surface area contributed by atoms with E-state index in [1.165, 1.54) is 6.26 Å². The molecule has 1 amide bonds. The number of nitrogens with zero attached hydrogens (tertiary/aromatic N) is 3. The maximum Gasteiger partial charge on any atom is 0.247 e. The maximum atomic E-state index is 12.6. The fourth-order valence-corrected chi connectivity index (χ4v) is 4.29. The van der Waals surface area contributed by atoms with Crippen LogP contribution in [0.3, 0.4) is 0 Å². The molecule has 0 N–H and O–H groups in total. The highest BCUT2D eigenvalue weighted by Crippen LogP contribution is 2.30. The average molecular weight is 391 g/mol. The van der Waals surface area contributed by atoms with E-state index in [0.29, 0.717) is 31.0 Å². The number of aryl methyl sites for hydroxylation is 1. The fraction of sp³-hybridized carbons (Fsp3) is 0.526. The number of carbonyl (C=O) groups excluding carboxylic acids is 1. The molecule has 1 saturated carbocycles. The van der Waals surface area contributed by atoms with Crippen molar-refractivity contribution in [3.8, 4) is 11.5 Å². The van der Waals surface area contributed by atoms with Crippen LogP contribution in [0.5, 0.6) is 0 Å². The van der Waals surface area contributed by atoms with Gasteiger partial charge in [-0.05, 0) is 38.3 Å². The normalized spacial score (nSPS) is 15.5. The van der Waals surface area contributed by atoms with E-state index in [1.54, 1.807) is 11.8 Å². The zero-order chi connectivity index (χ0) is 19.4. The second kappa shape index (κ2) is 8.21. The Labute approximate surface area is 159 Å². The first-order chi connectivity index (χ1) is 12.8. The van der Waals surface area contributed by atoms with Gasteiger partial charge in [-0.15, -0.1) is 10.2 Å². The lowest BCUT2D eigenvalue weighted by Gasteiger charge is -2.29. The van der Waals surface area contributed by atoms with Gasteiger partial charge >= 0.3 is 0 Å². The van der Waals surface area contributed by atoms with E-state index in [-0.39, 0.29) is 23.7 Å². The number of amides is 1. The number of sulfone groups is 1. The van der Waals surface area contributed by atoms with Gasteiger partial charge < -0.3 is 9.32 Å². The molecule has 0 spiro atoms. The monoisotopic (exact) mass is 391 g/mol. The van der Waals surface area contributed by atoms with Gasteiger partial charge in [-0.25, -0.2) is 8.42 Å². The smallest absolute Gasteiger partial charge is 0.247 e. The van der Waals surface area contributed by atoms with Crippen LogP contribution in [0.4, 0.5) is 0 Å². The summed E-state index contributed by atoms with van der Waals surface area (Å²) in [6.07, 6.45) is 4.55. The molecular weight excluding hydrogens is 366 g/mol. The van der Waals surface area contributed by atoms with Gasteiger partial charge in [-0.3, -0.25) is 4.79 Å². The summed E-state index contributed by atoms with van der Waals surface area (Å²) >= 11 is 0. The van der Waals surface area contributed by atoms with Crippen molar-refractivity contribution in [3.05, 3.63) is 36.2 Å². The Morgan fingerprint density at radius 3 is 2.59 bits per heavy atom. The van der Waals surface area contributed by atoms with Crippen molar-refractivity contribution in [1.29, 1.82) is 0 Å². The topological polar surface area (TPSA) is 93.4 Å². The average Bonchev–Trinajstić information content (AvgIpc) is 3.31. The molecule has 0 saturated heterocycles. The molecule has 8 heteroatoms. The van der Waals surface area contributed by atoms with E-state index < -0.39 is 9.84 Å². The Balaban J connectivity index is 1.53. The Bertz CT molecular complexity index is 875. The molecule has 1 aromatic carbocycles. The van der Waals surface area contributed by atoms with Crippen LogP contribution in [0.25, 0.3) is 11.5 Å². The van der Waals surface area contributed by atoms with Crippen molar-refractivity contribution in [3.63, 3.8) is 0 Å². The summed E-state index contributed by atoms with van der Waals surface area (Å²) in [7, 11) is -3.12. The summed E-state index contributed by atoms with van der Waals surface area (Å²) in [6, 6.07) is 9.41. The van der Waals surface area contributed by atoms with Crippen LogP contribution < -0.4 is 0 Å². The first-order valence-electron chi connectivity index (χ1n) is 9.20. The van der Waals surface area contributed by atoms with Crippen LogP contribution >= 0.6 is 0 Å². The number of hydrogen-bond acceptors (Lipinski definition) is 6. The van der Waals surface area contributed by atoms with Crippen LogP contribution in [-0.2, 0) is 21.1 Å². The van der Waals surface area contributed by atoms with Gasteiger partial charge in [-0.2, -0.15) is 0 Å². The van der Waals surface area contributed by atoms with Crippen molar-refractivity contribution in [2.45, 2.75) is 51.1 Å². The highest BCUT2D eigenvalue weighted by molar-refractivity contribution is 7.90. The number of rotatable bonds is 9. The number of carbonyl (C=O) groups is 1. The van der Waals surface area contributed by atoms with E-state index in [9.17, 15) is 13.2 Å². The molecule has 27 heavy (non-hydrogen) atoms. The van der Waals surface area contributed by atoms with E-state index in [2.05, 4.69) is 10.2 Å². The minimum atomic E-state index is -3.12. The van der Waals surface area contributed by atoms with Crippen LogP contribution in [0.2, 0.25) is 0 Å². The summed E-state index contributed by atoms with van der Waals surface area (Å²) in [6.45, 7) is 1.81. The molecule has 1 heterocycles. The largest absolute Gasteiger partial charge is 0.421 e. The zero-order valence-corrected chi connectivity index (χ0v) is 16.5. The predicted octanol–water partition coefficient (Wildman–Crippen LogP) is 2.48. The van der Waals surface area contributed by atoms with E-state index >= 15 is 0 Å². The summed E-state index contributed by atoms with van der Waals surface area (Å²) in [5.74, 6) is 0.970. The highest BCUT2D eigenvalue weighted by Gasteiger charge is 2.36. The number of benzene rings is 1. The number of hydrogen-bond donors (Lipinski definition) is 0. The standard InChI is InChI=1S/C19H25N3O4S/c1-14(13-27(2,24)25)22(16-11-12-16)18(23)10-6-9-17-20-21-19(26-17)15-7-4-3-5-8-15/h3-5,7-8,14,16H,6,9-13H2,1-2H3. The summed E-state index contributed by atoms with van der Waals surface area (Å²) in [5, 5.41) is 8.09. The lowest BCUT2D eigenvalue weighted by atomic mass is 10.2. The van der Waals surface area contributed by atoms with Gasteiger partial charge in [0.25, 0.3) is 0 Å². The first kappa shape index (κ1) is 19.5. The highest BCUT2D eigenvalue weighted by atomic mass is 32.2. The van der Waals surface area contributed by atoms with Gasteiger partial charge in [0.15, 0.2) is 0 Å². The molecule has 1 aliphatic carbocycles. The van der Waals surface area contributed by atoms with Gasteiger partial charge in [-0.1, -0.05) is 18.2 Å². The lowest BCUT2D eigenvalue weighted by Crippen LogP contribution is -2.43. The quantitative estimate of drug-likeness (QED) is 0.652. The van der Waals surface area contributed by atoms with Gasteiger partial charge in [0.05, 0.1) is 5.75 Å². The van der Waals surface area contributed by atoms with Crippen LogP contribution in [0, 0.1) is 0 Å². The molecule has 146 valence electrons. The third kappa shape index (κ3) is 5.63. The van der Waals surface area contributed by atoms with E-state index in [0.717, 1.165) is 18.4 Å². The lowest BCUT2D eigenvalue weighted by molar-refractivity contribution is -0.133. The van der Waals surface area contributed by atoms with Crippen molar-refractivity contribution >= 4 is 15.7 Å². The Hall–Kier alpha value is -2.22. The fourth-order valence-electron chi connectivity index (χ4n) is 3.25. The third-order valence-electron chi connectivity index (χ3n) is 4.52. The molecule has 1 unspecified atom stereocenters. The molecule has 1 aliphatic rings. The second-order valence-electron chi connectivity index (χ2n) is 7.19. The predicted molar refractivity (Wildman–Crippen MR) is 102 cm³/mol. The van der Waals surface area contributed by atoms with Crippen molar-refractivity contribution < 1.29 is 17.6 Å². The number of aromatic nitrogens is 2. The Kier molecular flexibility index (Phi) is 5.94. The molecule has 7 nitrogen and oxygen atoms in total.